The van der Waals surface area contributed by atoms with Crippen molar-refractivity contribution >= 4 is 5.82 Å². The van der Waals surface area contributed by atoms with E-state index in [9.17, 15) is 4.79 Å². The van der Waals surface area contributed by atoms with E-state index in [2.05, 4.69) is 27.3 Å². The highest BCUT2D eigenvalue weighted by Gasteiger charge is 2.35. The molecule has 0 unspecified atom stereocenters. The lowest BCUT2D eigenvalue weighted by atomic mass is 10.0. The van der Waals surface area contributed by atoms with Crippen molar-refractivity contribution in [3.63, 3.8) is 0 Å². The maximum atomic E-state index is 11.9. The molecule has 6 heteroatoms. The summed E-state index contributed by atoms with van der Waals surface area (Å²) in [6.45, 7) is 5.92. The van der Waals surface area contributed by atoms with Crippen LogP contribution in [0, 0.1) is 11.8 Å². The van der Waals surface area contributed by atoms with Gasteiger partial charge in [0.25, 0.3) is 0 Å². The van der Waals surface area contributed by atoms with Crippen LogP contribution in [0.4, 0.5) is 5.82 Å². The van der Waals surface area contributed by atoms with Crippen LogP contribution in [0.2, 0.25) is 0 Å². The minimum atomic E-state index is -0.347. The van der Waals surface area contributed by atoms with E-state index in [1.165, 1.54) is 36.3 Å². The van der Waals surface area contributed by atoms with Crippen LogP contribution in [-0.4, -0.2) is 47.2 Å². The minimum absolute atomic E-state index is 0.249. The molecule has 2 aromatic rings. The highest BCUT2D eigenvalue weighted by Crippen LogP contribution is 2.26. The lowest BCUT2D eigenvalue weighted by Crippen LogP contribution is -2.27. The SMILES string of the molecule is Nc1ccn(-c2ccc(CCN3C[C@H]4CNC[C@H]4C3)cc2)c(=O)n1. The Bertz CT molecular complexity index is 758. The molecule has 0 spiro atoms. The van der Waals surface area contributed by atoms with E-state index in [1.807, 2.05) is 12.1 Å². The Balaban J connectivity index is 1.38. The zero-order chi connectivity index (χ0) is 16.5. The Morgan fingerprint density at radius 3 is 2.50 bits per heavy atom. The third-order valence-corrected chi connectivity index (χ3v) is 5.22. The lowest BCUT2D eigenvalue weighted by molar-refractivity contribution is 0.317. The fourth-order valence-corrected chi connectivity index (χ4v) is 3.86. The highest BCUT2D eigenvalue weighted by atomic mass is 16.1. The fraction of sp³-hybridized carbons (Fsp3) is 0.444. The number of hydrogen-bond acceptors (Lipinski definition) is 5. The number of nitrogens with one attached hydrogen (secondary N) is 1. The molecule has 126 valence electrons. The molecule has 0 saturated carbocycles. The van der Waals surface area contributed by atoms with Gasteiger partial charge in [-0.2, -0.15) is 4.98 Å². The van der Waals surface area contributed by atoms with Gasteiger partial charge in [0.05, 0.1) is 5.69 Å². The van der Waals surface area contributed by atoms with Crippen molar-refractivity contribution in [2.45, 2.75) is 6.42 Å². The second kappa shape index (κ2) is 6.37. The van der Waals surface area contributed by atoms with Gasteiger partial charge in [0.2, 0.25) is 0 Å². The van der Waals surface area contributed by atoms with Gasteiger partial charge < -0.3 is 16.0 Å². The van der Waals surface area contributed by atoms with Crippen LogP contribution in [0.1, 0.15) is 5.56 Å². The van der Waals surface area contributed by atoms with Crippen molar-refractivity contribution < 1.29 is 0 Å². The number of nitrogen functional groups attached to an aromatic ring is 1. The number of hydrogen-bond donors (Lipinski definition) is 2. The summed E-state index contributed by atoms with van der Waals surface area (Å²) in [5.74, 6) is 1.94. The van der Waals surface area contributed by atoms with Crippen molar-refractivity contribution in [1.82, 2.24) is 19.8 Å². The van der Waals surface area contributed by atoms with Crippen LogP contribution in [0.3, 0.4) is 0 Å². The molecule has 6 nitrogen and oxygen atoms in total. The number of rotatable bonds is 4. The van der Waals surface area contributed by atoms with Gasteiger partial charge in [-0.3, -0.25) is 4.57 Å². The van der Waals surface area contributed by atoms with Gasteiger partial charge >= 0.3 is 5.69 Å². The first-order valence-corrected chi connectivity index (χ1v) is 8.56. The third kappa shape index (κ3) is 3.07. The third-order valence-electron chi connectivity index (χ3n) is 5.22. The molecular formula is C18H23N5O. The zero-order valence-corrected chi connectivity index (χ0v) is 13.7. The van der Waals surface area contributed by atoms with Gasteiger partial charge in [-0.1, -0.05) is 12.1 Å². The molecule has 0 bridgehead atoms. The summed E-state index contributed by atoms with van der Waals surface area (Å²) in [5, 5.41) is 3.48. The summed E-state index contributed by atoms with van der Waals surface area (Å²) < 4.78 is 1.51. The van der Waals surface area contributed by atoms with Gasteiger partial charge in [0.1, 0.15) is 5.82 Å². The number of anilines is 1. The van der Waals surface area contributed by atoms with Crippen LogP contribution in [0.5, 0.6) is 0 Å². The number of nitrogens with two attached hydrogens (primary N) is 1. The maximum Gasteiger partial charge on any atom is 0.354 e. The Kier molecular flexibility index (Phi) is 4.08. The van der Waals surface area contributed by atoms with Crippen molar-refractivity contribution in [2.75, 3.05) is 38.5 Å². The van der Waals surface area contributed by atoms with Crippen LogP contribution in [0.25, 0.3) is 5.69 Å². The molecule has 0 radical (unpaired) electrons. The van der Waals surface area contributed by atoms with E-state index in [0.717, 1.165) is 30.5 Å². The molecule has 0 amide bonds. The van der Waals surface area contributed by atoms with Crippen molar-refractivity contribution in [1.29, 1.82) is 0 Å². The molecule has 24 heavy (non-hydrogen) atoms. The summed E-state index contributed by atoms with van der Waals surface area (Å²) in [6, 6.07) is 9.76. The van der Waals surface area contributed by atoms with Crippen LogP contribution >= 0.6 is 0 Å². The number of aromatic nitrogens is 2. The predicted molar refractivity (Wildman–Crippen MR) is 94.2 cm³/mol. The topological polar surface area (TPSA) is 76.2 Å². The second-order valence-electron chi connectivity index (χ2n) is 6.86. The average Bonchev–Trinajstić information content (AvgIpc) is 3.15. The maximum absolute atomic E-state index is 11.9. The molecule has 2 aliphatic rings. The smallest absolute Gasteiger partial charge is 0.354 e. The van der Waals surface area contributed by atoms with Crippen LogP contribution in [0.15, 0.2) is 41.3 Å². The Morgan fingerprint density at radius 1 is 1.12 bits per heavy atom. The van der Waals surface area contributed by atoms with Gasteiger partial charge in [0.15, 0.2) is 0 Å². The van der Waals surface area contributed by atoms with E-state index in [-0.39, 0.29) is 11.5 Å². The quantitative estimate of drug-likeness (QED) is 0.856. The Labute approximate surface area is 141 Å². The standard InChI is InChI=1S/C18H23N5O/c19-17-6-8-23(18(24)21-17)16-3-1-13(2-4-16)5-7-22-11-14-9-20-10-15(14)12-22/h1-4,6,8,14-15,20H,5,7,9-12H2,(H2,19,21,24)/t14-,15+. The Morgan fingerprint density at radius 2 is 1.83 bits per heavy atom. The van der Waals surface area contributed by atoms with Gasteiger partial charge in [0, 0.05) is 25.8 Å². The Hall–Kier alpha value is -2.18. The zero-order valence-electron chi connectivity index (χ0n) is 13.7. The number of fused-ring (bicyclic) bond motifs is 1. The van der Waals surface area contributed by atoms with E-state index >= 15 is 0 Å². The molecule has 2 atom stereocenters. The van der Waals surface area contributed by atoms with Crippen molar-refractivity contribution in [2.24, 2.45) is 11.8 Å². The first-order chi connectivity index (χ1) is 11.7. The largest absolute Gasteiger partial charge is 0.383 e. The summed E-state index contributed by atoms with van der Waals surface area (Å²) in [4.78, 5) is 18.2. The van der Waals surface area contributed by atoms with E-state index < -0.39 is 0 Å². The first kappa shape index (κ1) is 15.4. The van der Waals surface area contributed by atoms with Crippen molar-refractivity contribution in [3.05, 3.63) is 52.6 Å². The monoisotopic (exact) mass is 325 g/mol. The number of nitrogens with zero attached hydrogens (tertiary/aromatic N) is 3. The van der Waals surface area contributed by atoms with E-state index in [4.69, 9.17) is 5.73 Å². The number of benzene rings is 1. The minimum Gasteiger partial charge on any atom is -0.383 e. The summed E-state index contributed by atoms with van der Waals surface area (Å²) in [7, 11) is 0. The molecule has 3 N–H and O–H groups in total. The summed E-state index contributed by atoms with van der Waals surface area (Å²) in [6.07, 6.45) is 2.71. The van der Waals surface area contributed by atoms with E-state index in [0.29, 0.717) is 0 Å². The molecule has 3 heterocycles. The van der Waals surface area contributed by atoms with Crippen LogP contribution in [-0.2, 0) is 6.42 Å². The average molecular weight is 325 g/mol. The van der Waals surface area contributed by atoms with Crippen molar-refractivity contribution in [3.8, 4) is 5.69 Å². The molecule has 2 saturated heterocycles. The molecule has 4 rings (SSSR count). The molecule has 2 fully saturated rings. The highest BCUT2D eigenvalue weighted by molar-refractivity contribution is 5.36. The fourth-order valence-electron chi connectivity index (χ4n) is 3.86. The van der Waals surface area contributed by atoms with E-state index in [1.54, 1.807) is 12.3 Å². The molecule has 0 aliphatic carbocycles. The summed E-state index contributed by atoms with van der Waals surface area (Å²) in [5.41, 5.74) is 7.30. The van der Waals surface area contributed by atoms with Gasteiger partial charge in [-0.25, -0.2) is 4.79 Å². The molecular weight excluding hydrogens is 302 g/mol. The van der Waals surface area contributed by atoms with Gasteiger partial charge in [-0.05, 0) is 55.1 Å². The van der Waals surface area contributed by atoms with Gasteiger partial charge in [-0.15, -0.1) is 0 Å². The summed E-state index contributed by atoms with van der Waals surface area (Å²) >= 11 is 0. The van der Waals surface area contributed by atoms with Crippen LogP contribution < -0.4 is 16.7 Å². The molecule has 1 aromatic heterocycles. The molecule has 2 aliphatic heterocycles. The normalized spacial score (nSPS) is 23.5. The second-order valence-corrected chi connectivity index (χ2v) is 6.86. The molecule has 1 aromatic carbocycles. The number of likely N-dealkylation sites (tertiary alicyclic amines) is 1. The first-order valence-electron chi connectivity index (χ1n) is 8.56. The lowest BCUT2D eigenvalue weighted by Gasteiger charge is -2.17. The predicted octanol–water partition coefficient (Wildman–Crippen LogP) is 0.508.